The molecule has 3 heterocycles. The Morgan fingerprint density at radius 3 is 2.48 bits per heavy atom. The number of alkyl halides is 3. The van der Waals surface area contributed by atoms with Gasteiger partial charge >= 0.3 is 6.18 Å². The van der Waals surface area contributed by atoms with Crippen LogP contribution in [-0.4, -0.2) is 52.2 Å². The minimum atomic E-state index is -4.51. The van der Waals surface area contributed by atoms with Crippen molar-refractivity contribution in [2.75, 3.05) is 31.1 Å². The number of carbonyl (C=O) groups is 1. The lowest BCUT2D eigenvalue weighted by Crippen LogP contribution is -2.49. The maximum absolute atomic E-state index is 12.6. The molecule has 0 N–H and O–H groups in total. The summed E-state index contributed by atoms with van der Waals surface area (Å²) < 4.78 is 37.8. The summed E-state index contributed by atoms with van der Waals surface area (Å²) in [6.07, 6.45) is -0.409. The molecule has 27 heavy (non-hydrogen) atoms. The predicted molar refractivity (Wildman–Crippen MR) is 91.4 cm³/mol. The highest BCUT2D eigenvalue weighted by atomic mass is 19.4. The van der Waals surface area contributed by atoms with Crippen molar-refractivity contribution in [2.24, 2.45) is 0 Å². The summed E-state index contributed by atoms with van der Waals surface area (Å²) in [6, 6.07) is 4.09. The largest absolute Gasteiger partial charge is 0.433 e. The highest BCUT2D eigenvalue weighted by molar-refractivity contribution is 5.94. The fourth-order valence-electron chi connectivity index (χ4n) is 3.48. The smallest absolute Gasteiger partial charge is 0.352 e. The van der Waals surface area contributed by atoms with E-state index in [2.05, 4.69) is 26.1 Å². The van der Waals surface area contributed by atoms with Gasteiger partial charge in [-0.15, -0.1) is 5.10 Å². The number of amides is 1. The van der Waals surface area contributed by atoms with Gasteiger partial charge in [0, 0.05) is 32.4 Å². The van der Waals surface area contributed by atoms with Crippen molar-refractivity contribution in [1.29, 1.82) is 0 Å². The van der Waals surface area contributed by atoms with Crippen molar-refractivity contribution >= 4 is 11.7 Å². The Morgan fingerprint density at radius 1 is 1.04 bits per heavy atom. The van der Waals surface area contributed by atoms with E-state index in [1.807, 2.05) is 0 Å². The molecule has 142 valence electrons. The normalized spacial score (nSPS) is 17.1. The van der Waals surface area contributed by atoms with E-state index in [0.717, 1.165) is 43.0 Å². The molecular weight excluding hydrogens is 359 g/mol. The SMILES string of the molecule is O=C(c1ccc(C(F)(F)F)nc1)N1CCN(c2cc3c(nn2)CCC3)CC1. The van der Waals surface area contributed by atoms with Crippen molar-refractivity contribution in [3.8, 4) is 0 Å². The molecule has 0 saturated carbocycles. The summed E-state index contributed by atoms with van der Waals surface area (Å²) in [6.45, 7) is 2.15. The number of rotatable bonds is 2. The van der Waals surface area contributed by atoms with Crippen LogP contribution in [0, 0.1) is 0 Å². The van der Waals surface area contributed by atoms with Crippen molar-refractivity contribution in [2.45, 2.75) is 25.4 Å². The summed E-state index contributed by atoms with van der Waals surface area (Å²) in [5, 5.41) is 8.58. The molecule has 0 atom stereocenters. The van der Waals surface area contributed by atoms with E-state index in [1.165, 1.54) is 11.6 Å². The Bertz CT molecular complexity index is 845. The van der Waals surface area contributed by atoms with Crippen LogP contribution in [0.15, 0.2) is 24.4 Å². The Morgan fingerprint density at radius 2 is 1.81 bits per heavy atom. The Balaban J connectivity index is 1.39. The first-order valence-corrected chi connectivity index (χ1v) is 8.85. The molecule has 6 nitrogen and oxygen atoms in total. The lowest BCUT2D eigenvalue weighted by atomic mass is 10.2. The average Bonchev–Trinajstić information content (AvgIpc) is 3.15. The number of nitrogens with zero attached hydrogens (tertiary/aromatic N) is 5. The molecule has 1 aliphatic heterocycles. The van der Waals surface area contributed by atoms with E-state index in [9.17, 15) is 18.0 Å². The average molecular weight is 377 g/mol. The van der Waals surface area contributed by atoms with Crippen LogP contribution in [0.2, 0.25) is 0 Å². The van der Waals surface area contributed by atoms with E-state index >= 15 is 0 Å². The molecule has 0 spiro atoms. The number of hydrogen-bond acceptors (Lipinski definition) is 5. The molecule has 1 fully saturated rings. The van der Waals surface area contributed by atoms with E-state index in [1.54, 1.807) is 4.90 Å². The second kappa shape index (κ2) is 6.79. The van der Waals surface area contributed by atoms with Gasteiger partial charge < -0.3 is 9.80 Å². The number of aryl methyl sites for hydroxylation is 2. The number of piperazine rings is 1. The molecule has 1 amide bonds. The molecule has 2 aromatic heterocycles. The van der Waals surface area contributed by atoms with Gasteiger partial charge in [0.1, 0.15) is 5.69 Å². The quantitative estimate of drug-likeness (QED) is 0.804. The number of hydrogen-bond donors (Lipinski definition) is 0. The predicted octanol–water partition coefficient (Wildman–Crippen LogP) is 2.34. The summed E-state index contributed by atoms with van der Waals surface area (Å²) in [5.41, 5.74) is 1.48. The van der Waals surface area contributed by atoms with Gasteiger partial charge in [-0.3, -0.25) is 9.78 Å². The van der Waals surface area contributed by atoms with E-state index in [4.69, 9.17) is 0 Å². The first-order valence-electron chi connectivity index (χ1n) is 8.85. The van der Waals surface area contributed by atoms with Crippen molar-refractivity contribution < 1.29 is 18.0 Å². The summed E-state index contributed by atoms with van der Waals surface area (Å²) in [7, 11) is 0. The van der Waals surface area contributed by atoms with E-state index in [0.29, 0.717) is 26.2 Å². The first kappa shape index (κ1) is 17.7. The molecule has 9 heteroatoms. The molecule has 2 aliphatic rings. The summed E-state index contributed by atoms with van der Waals surface area (Å²) in [4.78, 5) is 19.6. The minimum Gasteiger partial charge on any atom is -0.352 e. The molecule has 2 aromatic rings. The van der Waals surface area contributed by atoms with Gasteiger partial charge in [0.2, 0.25) is 0 Å². The summed E-state index contributed by atoms with van der Waals surface area (Å²) in [5.74, 6) is 0.509. The molecule has 0 unspecified atom stereocenters. The van der Waals surface area contributed by atoms with Gasteiger partial charge in [-0.25, -0.2) is 0 Å². The number of anilines is 1. The van der Waals surface area contributed by atoms with Crippen LogP contribution in [0.3, 0.4) is 0 Å². The van der Waals surface area contributed by atoms with Crippen LogP contribution >= 0.6 is 0 Å². The number of halogens is 3. The highest BCUT2D eigenvalue weighted by Gasteiger charge is 2.32. The van der Waals surface area contributed by atoms with Crippen molar-refractivity contribution in [1.82, 2.24) is 20.1 Å². The molecule has 1 aliphatic carbocycles. The zero-order valence-electron chi connectivity index (χ0n) is 14.5. The minimum absolute atomic E-state index is 0.161. The Kier molecular flexibility index (Phi) is 4.45. The van der Waals surface area contributed by atoms with Crippen molar-refractivity contribution in [3.05, 3.63) is 46.9 Å². The van der Waals surface area contributed by atoms with Crippen LogP contribution in [0.4, 0.5) is 19.0 Å². The second-order valence-corrected chi connectivity index (χ2v) is 6.74. The second-order valence-electron chi connectivity index (χ2n) is 6.74. The zero-order chi connectivity index (χ0) is 19.0. The fourth-order valence-corrected chi connectivity index (χ4v) is 3.48. The van der Waals surface area contributed by atoms with Gasteiger partial charge in [-0.1, -0.05) is 0 Å². The van der Waals surface area contributed by atoms with Gasteiger partial charge in [0.05, 0.1) is 11.3 Å². The number of aromatic nitrogens is 3. The maximum atomic E-state index is 12.6. The third-order valence-electron chi connectivity index (χ3n) is 5.00. The lowest BCUT2D eigenvalue weighted by Gasteiger charge is -2.35. The molecule has 0 radical (unpaired) electrons. The van der Waals surface area contributed by atoms with Crippen LogP contribution in [0.5, 0.6) is 0 Å². The van der Waals surface area contributed by atoms with Crippen LogP contribution in [0.25, 0.3) is 0 Å². The van der Waals surface area contributed by atoms with Gasteiger partial charge in [-0.05, 0) is 43.0 Å². The fraction of sp³-hybridized carbons (Fsp3) is 0.444. The third-order valence-corrected chi connectivity index (χ3v) is 5.00. The Hall–Kier alpha value is -2.71. The molecular formula is C18H18F3N5O. The van der Waals surface area contributed by atoms with Crippen molar-refractivity contribution in [3.63, 3.8) is 0 Å². The first-order chi connectivity index (χ1) is 12.9. The monoisotopic (exact) mass is 377 g/mol. The van der Waals surface area contributed by atoms with Crippen LogP contribution in [0.1, 0.15) is 33.7 Å². The number of pyridine rings is 1. The van der Waals surface area contributed by atoms with Gasteiger partial charge in [-0.2, -0.15) is 18.3 Å². The molecule has 0 aromatic carbocycles. The van der Waals surface area contributed by atoms with E-state index in [-0.39, 0.29) is 11.5 Å². The maximum Gasteiger partial charge on any atom is 0.433 e. The van der Waals surface area contributed by atoms with Crippen LogP contribution < -0.4 is 4.90 Å². The molecule has 1 saturated heterocycles. The number of carbonyl (C=O) groups excluding carboxylic acids is 1. The highest BCUT2D eigenvalue weighted by Crippen LogP contribution is 2.27. The standard InChI is InChI=1S/C18H18F3N5O/c19-18(20,21)15-5-4-13(11-22-15)17(27)26-8-6-25(7-9-26)16-10-12-2-1-3-14(12)23-24-16/h4-5,10-11H,1-3,6-9H2. The van der Waals surface area contributed by atoms with E-state index < -0.39 is 11.9 Å². The third kappa shape index (κ3) is 3.58. The zero-order valence-corrected chi connectivity index (χ0v) is 14.5. The lowest BCUT2D eigenvalue weighted by molar-refractivity contribution is -0.141. The summed E-state index contributed by atoms with van der Waals surface area (Å²) >= 11 is 0. The van der Waals surface area contributed by atoms with Gasteiger partial charge in [0.25, 0.3) is 5.91 Å². The van der Waals surface area contributed by atoms with Crippen LogP contribution in [-0.2, 0) is 19.0 Å². The Labute approximate surface area is 154 Å². The molecule has 0 bridgehead atoms. The molecule has 4 rings (SSSR count). The number of fused-ring (bicyclic) bond motifs is 1. The topological polar surface area (TPSA) is 62.2 Å². The van der Waals surface area contributed by atoms with Gasteiger partial charge in [0.15, 0.2) is 5.82 Å².